The lowest BCUT2D eigenvalue weighted by Crippen LogP contribution is -2.56. The van der Waals surface area contributed by atoms with Crippen molar-refractivity contribution in [1.82, 2.24) is 15.1 Å². The van der Waals surface area contributed by atoms with Gasteiger partial charge in [-0.3, -0.25) is 14.6 Å². The number of carbonyl (C=O) groups excluding carboxylic acids is 1. The highest BCUT2D eigenvalue weighted by Gasteiger charge is 2.27. The van der Waals surface area contributed by atoms with Gasteiger partial charge in [-0.2, -0.15) is 0 Å². The highest BCUT2D eigenvalue weighted by Crippen LogP contribution is 2.11. The Morgan fingerprint density at radius 1 is 1.37 bits per heavy atom. The molecule has 1 rings (SSSR count). The predicted octanol–water partition coefficient (Wildman–Crippen LogP) is 0.0656. The monoisotopic (exact) mass is 269 g/mol. The van der Waals surface area contributed by atoms with Crippen LogP contribution in [0.1, 0.15) is 20.3 Å². The molecule has 0 aromatic rings. The molecule has 1 saturated heterocycles. The molecule has 2 N–H and O–H groups in total. The number of piperazine rings is 1. The smallest absolute Gasteiger partial charge is 0.237 e. The maximum atomic E-state index is 11.9. The molecule has 19 heavy (non-hydrogen) atoms. The van der Waals surface area contributed by atoms with E-state index in [4.69, 9.17) is 0 Å². The van der Waals surface area contributed by atoms with E-state index in [-0.39, 0.29) is 24.6 Å². The fourth-order valence-corrected chi connectivity index (χ4v) is 2.48. The number of aliphatic hydroxyl groups excluding tert-OH is 1. The van der Waals surface area contributed by atoms with E-state index in [9.17, 15) is 9.90 Å². The van der Waals surface area contributed by atoms with Crippen molar-refractivity contribution < 1.29 is 9.90 Å². The van der Waals surface area contributed by atoms with Crippen molar-refractivity contribution >= 4 is 5.91 Å². The average molecular weight is 269 g/mol. The largest absolute Gasteiger partial charge is 0.395 e. The summed E-state index contributed by atoms with van der Waals surface area (Å²) in [4.78, 5) is 16.4. The van der Waals surface area contributed by atoms with Gasteiger partial charge in [0.25, 0.3) is 0 Å². The number of rotatable bonds is 7. The molecule has 0 saturated carbocycles. The van der Waals surface area contributed by atoms with Crippen molar-refractivity contribution in [2.24, 2.45) is 0 Å². The lowest BCUT2D eigenvalue weighted by Gasteiger charge is -2.40. The van der Waals surface area contributed by atoms with Gasteiger partial charge in [-0.15, -0.1) is 6.58 Å². The third-order valence-electron chi connectivity index (χ3n) is 3.90. The van der Waals surface area contributed by atoms with Gasteiger partial charge in [0.1, 0.15) is 0 Å². The fraction of sp³-hybridized carbons (Fsp3) is 0.786. The summed E-state index contributed by atoms with van der Waals surface area (Å²) in [5, 5.41) is 12.1. The van der Waals surface area contributed by atoms with E-state index in [2.05, 4.69) is 28.6 Å². The highest BCUT2D eigenvalue weighted by atomic mass is 16.3. The molecule has 110 valence electrons. The van der Waals surface area contributed by atoms with Gasteiger partial charge in [0.15, 0.2) is 0 Å². The molecule has 0 spiro atoms. The van der Waals surface area contributed by atoms with Gasteiger partial charge in [-0.05, 0) is 13.3 Å². The molecule has 0 aromatic carbocycles. The topological polar surface area (TPSA) is 55.8 Å². The Labute approximate surface area is 116 Å². The van der Waals surface area contributed by atoms with Crippen molar-refractivity contribution in [2.45, 2.75) is 32.4 Å². The molecule has 5 heteroatoms. The van der Waals surface area contributed by atoms with Gasteiger partial charge in [0.05, 0.1) is 12.6 Å². The van der Waals surface area contributed by atoms with Crippen molar-refractivity contribution in [2.75, 3.05) is 39.3 Å². The molecule has 0 aromatic heterocycles. The molecule has 0 aliphatic carbocycles. The van der Waals surface area contributed by atoms with Crippen LogP contribution in [-0.2, 0) is 4.79 Å². The second kappa shape index (κ2) is 8.30. The summed E-state index contributed by atoms with van der Waals surface area (Å²) >= 11 is 0. The summed E-state index contributed by atoms with van der Waals surface area (Å²) in [6, 6.07) is 0.156. The summed E-state index contributed by atoms with van der Waals surface area (Å²) in [6.07, 6.45) is 2.65. The summed E-state index contributed by atoms with van der Waals surface area (Å²) in [6.45, 7) is 11.9. The van der Waals surface area contributed by atoms with Crippen LogP contribution >= 0.6 is 0 Å². The Balaban J connectivity index is 2.40. The number of nitrogens with one attached hydrogen (secondary N) is 1. The lowest BCUT2D eigenvalue weighted by atomic mass is 10.1. The number of carbonyl (C=O) groups is 1. The Bertz CT molecular complexity index is 284. The van der Waals surface area contributed by atoms with E-state index in [1.54, 1.807) is 6.08 Å². The van der Waals surface area contributed by atoms with Gasteiger partial charge in [-0.1, -0.05) is 13.0 Å². The standard InChI is InChI=1S/C14H27N3O2/c1-4-6-15-14(19)12(3)16-7-9-17(10-8-16)13(5-2)11-18/h4,12-13,18H,1,5-11H2,2-3H3,(H,15,19). The van der Waals surface area contributed by atoms with Gasteiger partial charge in [0, 0.05) is 38.8 Å². The van der Waals surface area contributed by atoms with E-state index in [1.165, 1.54) is 0 Å². The molecule has 1 amide bonds. The molecule has 0 radical (unpaired) electrons. The summed E-state index contributed by atoms with van der Waals surface area (Å²) in [7, 11) is 0. The molecule has 5 nitrogen and oxygen atoms in total. The first-order valence-corrected chi connectivity index (χ1v) is 7.11. The minimum absolute atomic E-state index is 0.0579. The first-order chi connectivity index (χ1) is 9.13. The van der Waals surface area contributed by atoms with Crippen molar-refractivity contribution in [3.8, 4) is 0 Å². The second-order valence-electron chi connectivity index (χ2n) is 5.03. The highest BCUT2D eigenvalue weighted by molar-refractivity contribution is 5.81. The van der Waals surface area contributed by atoms with E-state index >= 15 is 0 Å². The number of amides is 1. The van der Waals surface area contributed by atoms with Crippen LogP contribution in [0.5, 0.6) is 0 Å². The number of hydrogen-bond acceptors (Lipinski definition) is 4. The number of aliphatic hydroxyl groups is 1. The maximum absolute atomic E-state index is 11.9. The molecule has 2 atom stereocenters. The third kappa shape index (κ3) is 4.60. The zero-order chi connectivity index (χ0) is 14.3. The summed E-state index contributed by atoms with van der Waals surface area (Å²) in [5.74, 6) is 0.0579. The quantitative estimate of drug-likeness (QED) is 0.642. The number of nitrogens with zero attached hydrogens (tertiary/aromatic N) is 2. The third-order valence-corrected chi connectivity index (χ3v) is 3.90. The van der Waals surface area contributed by atoms with E-state index in [0.29, 0.717) is 6.54 Å². The first-order valence-electron chi connectivity index (χ1n) is 7.11. The Hall–Kier alpha value is -0.910. The maximum Gasteiger partial charge on any atom is 0.237 e. The fourth-order valence-electron chi connectivity index (χ4n) is 2.48. The minimum Gasteiger partial charge on any atom is -0.395 e. The molecular formula is C14H27N3O2. The molecule has 1 aliphatic rings. The molecule has 1 aliphatic heterocycles. The van der Waals surface area contributed by atoms with Gasteiger partial charge < -0.3 is 10.4 Å². The van der Waals surface area contributed by atoms with Crippen molar-refractivity contribution in [1.29, 1.82) is 0 Å². The SMILES string of the molecule is C=CCNC(=O)C(C)N1CCN(C(CC)CO)CC1. The minimum atomic E-state index is -0.101. The van der Waals surface area contributed by atoms with Gasteiger partial charge >= 0.3 is 0 Å². The van der Waals surface area contributed by atoms with E-state index < -0.39 is 0 Å². The van der Waals surface area contributed by atoms with Gasteiger partial charge in [-0.25, -0.2) is 0 Å². The summed E-state index contributed by atoms with van der Waals surface area (Å²) in [5.41, 5.74) is 0. The van der Waals surface area contributed by atoms with Crippen LogP contribution in [0, 0.1) is 0 Å². The molecular weight excluding hydrogens is 242 g/mol. The van der Waals surface area contributed by atoms with Crippen molar-refractivity contribution in [3.63, 3.8) is 0 Å². The van der Waals surface area contributed by atoms with E-state index in [0.717, 1.165) is 32.6 Å². The lowest BCUT2D eigenvalue weighted by molar-refractivity contribution is -0.126. The van der Waals surface area contributed by atoms with Crippen LogP contribution in [0.4, 0.5) is 0 Å². The Kier molecular flexibility index (Phi) is 7.05. The second-order valence-corrected chi connectivity index (χ2v) is 5.03. The van der Waals surface area contributed by atoms with Gasteiger partial charge in [0.2, 0.25) is 5.91 Å². The zero-order valence-corrected chi connectivity index (χ0v) is 12.1. The van der Waals surface area contributed by atoms with Crippen LogP contribution in [0.3, 0.4) is 0 Å². The molecule has 1 fully saturated rings. The Morgan fingerprint density at radius 2 is 1.95 bits per heavy atom. The number of hydrogen-bond donors (Lipinski definition) is 2. The van der Waals surface area contributed by atoms with Crippen molar-refractivity contribution in [3.05, 3.63) is 12.7 Å². The first kappa shape index (κ1) is 16.1. The predicted molar refractivity (Wildman–Crippen MR) is 77.0 cm³/mol. The van der Waals surface area contributed by atoms with Crippen LogP contribution < -0.4 is 5.32 Å². The molecule has 2 unspecified atom stereocenters. The van der Waals surface area contributed by atoms with Crippen LogP contribution in [0.25, 0.3) is 0 Å². The molecule has 0 bridgehead atoms. The normalized spacial score (nSPS) is 20.8. The zero-order valence-electron chi connectivity index (χ0n) is 12.1. The van der Waals surface area contributed by atoms with Crippen LogP contribution in [0.15, 0.2) is 12.7 Å². The Morgan fingerprint density at radius 3 is 2.42 bits per heavy atom. The van der Waals surface area contributed by atoms with E-state index in [1.807, 2.05) is 6.92 Å². The molecule has 1 heterocycles. The average Bonchev–Trinajstić information content (AvgIpc) is 2.46. The van der Waals surface area contributed by atoms with Crippen LogP contribution in [-0.4, -0.2) is 72.2 Å². The van der Waals surface area contributed by atoms with Crippen LogP contribution in [0.2, 0.25) is 0 Å². The summed E-state index contributed by atoms with van der Waals surface area (Å²) < 4.78 is 0.